The maximum absolute atomic E-state index is 12.2. The fourth-order valence-electron chi connectivity index (χ4n) is 3.15. The van der Waals surface area contributed by atoms with Crippen LogP contribution in [0, 0.1) is 10.8 Å². The largest absolute Gasteiger partial charge is 0.341 e. The van der Waals surface area contributed by atoms with E-state index in [9.17, 15) is 4.79 Å². The molecule has 98 valence electrons. The van der Waals surface area contributed by atoms with Crippen LogP contribution in [0.4, 0.5) is 0 Å². The summed E-state index contributed by atoms with van der Waals surface area (Å²) in [6, 6.07) is 0.413. The van der Waals surface area contributed by atoms with Crippen molar-refractivity contribution >= 4 is 5.91 Å². The topological polar surface area (TPSA) is 32.3 Å². The van der Waals surface area contributed by atoms with Crippen LogP contribution in [-0.4, -0.2) is 36.0 Å². The van der Waals surface area contributed by atoms with Crippen LogP contribution >= 0.6 is 0 Å². The van der Waals surface area contributed by atoms with Gasteiger partial charge in [0.05, 0.1) is 6.04 Å². The Bertz CT molecular complexity index is 302. The van der Waals surface area contributed by atoms with Crippen LogP contribution in [0.2, 0.25) is 0 Å². The number of nitrogens with zero attached hydrogens (tertiary/aromatic N) is 1. The minimum absolute atomic E-state index is 0.0425. The Morgan fingerprint density at radius 3 is 2.06 bits per heavy atom. The van der Waals surface area contributed by atoms with E-state index in [1.165, 1.54) is 12.8 Å². The third kappa shape index (κ3) is 1.99. The third-order valence-electron chi connectivity index (χ3n) is 5.23. The van der Waals surface area contributed by atoms with Gasteiger partial charge in [0.15, 0.2) is 0 Å². The molecule has 0 aromatic carbocycles. The Balaban J connectivity index is 1.90. The lowest BCUT2D eigenvalue weighted by Crippen LogP contribution is -2.45. The van der Waals surface area contributed by atoms with Crippen molar-refractivity contribution < 1.29 is 4.79 Å². The van der Waals surface area contributed by atoms with E-state index in [0.717, 1.165) is 13.1 Å². The molecule has 0 aromatic rings. The highest BCUT2D eigenvalue weighted by atomic mass is 16.2. The van der Waals surface area contributed by atoms with E-state index in [0.29, 0.717) is 16.9 Å². The quantitative estimate of drug-likeness (QED) is 0.816. The summed E-state index contributed by atoms with van der Waals surface area (Å²) >= 11 is 0. The zero-order valence-corrected chi connectivity index (χ0v) is 11.8. The van der Waals surface area contributed by atoms with Crippen molar-refractivity contribution in [3.63, 3.8) is 0 Å². The molecule has 1 N–H and O–H groups in total. The summed E-state index contributed by atoms with van der Waals surface area (Å²) in [4.78, 5) is 14.2. The molecule has 1 saturated carbocycles. The molecule has 0 bridgehead atoms. The SMILES string of the molecule is CC(NC1C(C)(C)C1(C)C)C(=O)N1CCCC1. The first-order valence-corrected chi connectivity index (χ1v) is 6.83. The first-order chi connectivity index (χ1) is 7.78. The fraction of sp³-hybridized carbons (Fsp3) is 0.929. The van der Waals surface area contributed by atoms with Gasteiger partial charge >= 0.3 is 0 Å². The predicted octanol–water partition coefficient (Wildman–Crippen LogP) is 2.02. The van der Waals surface area contributed by atoms with Gasteiger partial charge in [0.1, 0.15) is 0 Å². The first-order valence-electron chi connectivity index (χ1n) is 6.83. The molecule has 1 saturated heterocycles. The van der Waals surface area contributed by atoms with Crippen LogP contribution in [0.5, 0.6) is 0 Å². The molecule has 2 aliphatic rings. The molecule has 17 heavy (non-hydrogen) atoms. The molecule has 3 heteroatoms. The molecule has 1 aliphatic carbocycles. The van der Waals surface area contributed by atoms with Crippen molar-refractivity contribution in [2.45, 2.75) is 59.5 Å². The van der Waals surface area contributed by atoms with E-state index < -0.39 is 0 Å². The van der Waals surface area contributed by atoms with Crippen molar-refractivity contribution in [2.75, 3.05) is 13.1 Å². The summed E-state index contributed by atoms with van der Waals surface area (Å²) in [5.41, 5.74) is 0.596. The van der Waals surface area contributed by atoms with E-state index in [1.54, 1.807) is 0 Å². The van der Waals surface area contributed by atoms with Gasteiger partial charge in [-0.05, 0) is 30.6 Å². The molecule has 1 heterocycles. The van der Waals surface area contributed by atoms with Gasteiger partial charge in [-0.2, -0.15) is 0 Å². The summed E-state index contributed by atoms with van der Waals surface area (Å²) in [6.07, 6.45) is 2.33. The molecule has 3 nitrogen and oxygen atoms in total. The van der Waals surface area contributed by atoms with E-state index in [1.807, 2.05) is 11.8 Å². The van der Waals surface area contributed by atoms with Crippen molar-refractivity contribution in [1.82, 2.24) is 10.2 Å². The minimum Gasteiger partial charge on any atom is -0.341 e. The third-order valence-corrected chi connectivity index (χ3v) is 5.23. The normalized spacial score (nSPS) is 28.2. The zero-order chi connectivity index (χ0) is 12.8. The van der Waals surface area contributed by atoms with Crippen LogP contribution in [0.3, 0.4) is 0 Å². The van der Waals surface area contributed by atoms with Crippen LogP contribution < -0.4 is 5.32 Å². The van der Waals surface area contributed by atoms with Gasteiger partial charge in [-0.1, -0.05) is 27.7 Å². The molecule has 1 aliphatic heterocycles. The Hall–Kier alpha value is -0.570. The Morgan fingerprint density at radius 1 is 1.18 bits per heavy atom. The molecule has 2 rings (SSSR count). The number of nitrogens with one attached hydrogen (secondary N) is 1. The molecular weight excluding hydrogens is 212 g/mol. The Labute approximate surface area is 105 Å². The number of likely N-dealkylation sites (tertiary alicyclic amines) is 1. The number of amides is 1. The highest BCUT2D eigenvalue weighted by Gasteiger charge is 2.65. The van der Waals surface area contributed by atoms with Gasteiger partial charge in [0, 0.05) is 19.1 Å². The van der Waals surface area contributed by atoms with Crippen molar-refractivity contribution in [2.24, 2.45) is 10.8 Å². The number of hydrogen-bond acceptors (Lipinski definition) is 2. The smallest absolute Gasteiger partial charge is 0.239 e. The fourth-order valence-corrected chi connectivity index (χ4v) is 3.15. The molecule has 2 fully saturated rings. The van der Waals surface area contributed by atoms with Crippen LogP contribution in [0.1, 0.15) is 47.5 Å². The molecule has 1 unspecified atom stereocenters. The molecule has 1 amide bonds. The molecule has 1 atom stereocenters. The van der Waals surface area contributed by atoms with Crippen molar-refractivity contribution in [1.29, 1.82) is 0 Å². The number of rotatable bonds is 3. The van der Waals surface area contributed by atoms with Gasteiger partial charge in [0.25, 0.3) is 0 Å². The zero-order valence-electron chi connectivity index (χ0n) is 11.8. The highest BCUT2D eigenvalue weighted by molar-refractivity contribution is 5.81. The average molecular weight is 238 g/mol. The minimum atomic E-state index is -0.0425. The van der Waals surface area contributed by atoms with E-state index in [4.69, 9.17) is 0 Å². The molecule has 0 aromatic heterocycles. The number of carbonyl (C=O) groups is 1. The summed E-state index contributed by atoms with van der Waals surface area (Å²) in [5, 5.41) is 3.52. The van der Waals surface area contributed by atoms with Crippen LogP contribution in [0.25, 0.3) is 0 Å². The predicted molar refractivity (Wildman–Crippen MR) is 69.8 cm³/mol. The first kappa shape index (κ1) is 12.9. The number of carbonyl (C=O) groups excluding carboxylic acids is 1. The van der Waals surface area contributed by atoms with Crippen LogP contribution in [0.15, 0.2) is 0 Å². The standard InChI is InChI=1S/C14H26N2O/c1-10(11(17)16-8-6-7-9-16)15-12-13(2,3)14(12,4)5/h10,12,15H,6-9H2,1-5H3. The average Bonchev–Trinajstić information content (AvgIpc) is 2.71. The maximum atomic E-state index is 12.2. The maximum Gasteiger partial charge on any atom is 0.239 e. The summed E-state index contributed by atoms with van der Waals surface area (Å²) < 4.78 is 0. The van der Waals surface area contributed by atoms with E-state index in [-0.39, 0.29) is 11.9 Å². The van der Waals surface area contributed by atoms with Gasteiger partial charge in [-0.15, -0.1) is 0 Å². The molecule has 0 radical (unpaired) electrons. The second-order valence-corrected chi connectivity index (χ2v) is 6.80. The molecular formula is C14H26N2O. The monoisotopic (exact) mass is 238 g/mol. The second-order valence-electron chi connectivity index (χ2n) is 6.80. The van der Waals surface area contributed by atoms with E-state index in [2.05, 4.69) is 33.0 Å². The summed E-state index contributed by atoms with van der Waals surface area (Å²) in [7, 11) is 0. The van der Waals surface area contributed by atoms with Gasteiger partial charge < -0.3 is 10.2 Å². The van der Waals surface area contributed by atoms with Crippen molar-refractivity contribution in [3.05, 3.63) is 0 Å². The van der Waals surface area contributed by atoms with Gasteiger partial charge in [0.2, 0.25) is 5.91 Å². The molecule has 0 spiro atoms. The highest BCUT2D eigenvalue weighted by Crippen LogP contribution is 2.62. The van der Waals surface area contributed by atoms with Crippen molar-refractivity contribution in [3.8, 4) is 0 Å². The van der Waals surface area contributed by atoms with Gasteiger partial charge in [-0.3, -0.25) is 4.79 Å². The lowest BCUT2D eigenvalue weighted by Gasteiger charge is -2.22. The van der Waals surface area contributed by atoms with Crippen LogP contribution in [-0.2, 0) is 4.79 Å². The second kappa shape index (κ2) is 3.98. The lowest BCUT2D eigenvalue weighted by molar-refractivity contribution is -0.132. The number of hydrogen-bond donors (Lipinski definition) is 1. The van der Waals surface area contributed by atoms with Gasteiger partial charge in [-0.25, -0.2) is 0 Å². The Kier molecular flexibility index (Phi) is 3.01. The summed E-state index contributed by atoms with van der Waals surface area (Å²) in [5.74, 6) is 0.279. The summed E-state index contributed by atoms with van der Waals surface area (Å²) in [6.45, 7) is 13.0. The Morgan fingerprint density at radius 2 is 1.65 bits per heavy atom. The van der Waals surface area contributed by atoms with E-state index >= 15 is 0 Å². The lowest BCUT2D eigenvalue weighted by atomic mass is 10.0.